The van der Waals surface area contributed by atoms with Crippen LogP contribution in [0.1, 0.15) is 43.2 Å². The van der Waals surface area contributed by atoms with Crippen LogP contribution >= 0.6 is 0 Å². The molecule has 0 aromatic heterocycles. The zero-order valence-electron chi connectivity index (χ0n) is 10.4. The minimum atomic E-state index is 0.625. The summed E-state index contributed by atoms with van der Waals surface area (Å²) in [5, 5.41) is 8.93. The van der Waals surface area contributed by atoms with E-state index in [1.54, 1.807) is 7.11 Å². The zero-order chi connectivity index (χ0) is 12.1. The van der Waals surface area contributed by atoms with Gasteiger partial charge in [0.1, 0.15) is 11.8 Å². The molecule has 0 atom stereocenters. The molecular formula is C15H19NO. The average molecular weight is 229 g/mol. The lowest BCUT2D eigenvalue weighted by atomic mass is 9.85. The second kappa shape index (κ2) is 5.72. The molecule has 0 aliphatic heterocycles. The predicted octanol–water partition coefficient (Wildman–Crippen LogP) is 3.69. The highest BCUT2D eigenvalue weighted by atomic mass is 16.5. The molecule has 2 rings (SSSR count). The molecule has 0 spiro atoms. The van der Waals surface area contributed by atoms with Crippen LogP contribution in [0.5, 0.6) is 5.75 Å². The van der Waals surface area contributed by atoms with E-state index in [9.17, 15) is 0 Å². The van der Waals surface area contributed by atoms with Crippen LogP contribution in [0.4, 0.5) is 0 Å². The van der Waals surface area contributed by atoms with Gasteiger partial charge in [-0.15, -0.1) is 0 Å². The third kappa shape index (κ3) is 3.00. The van der Waals surface area contributed by atoms with Crippen molar-refractivity contribution in [3.8, 4) is 11.8 Å². The highest BCUT2D eigenvalue weighted by Gasteiger charge is 2.14. The fourth-order valence-corrected chi connectivity index (χ4v) is 2.68. The van der Waals surface area contributed by atoms with Gasteiger partial charge in [-0.3, -0.25) is 0 Å². The molecule has 0 radical (unpaired) electrons. The Bertz CT molecular complexity index is 413. The summed E-state index contributed by atoms with van der Waals surface area (Å²) in [4.78, 5) is 0. The second-order valence-corrected chi connectivity index (χ2v) is 4.85. The van der Waals surface area contributed by atoms with Gasteiger partial charge >= 0.3 is 0 Å². The number of hydrogen-bond donors (Lipinski definition) is 0. The van der Waals surface area contributed by atoms with Crippen molar-refractivity contribution in [2.24, 2.45) is 5.92 Å². The maximum Gasteiger partial charge on any atom is 0.136 e. The molecular weight excluding hydrogens is 210 g/mol. The van der Waals surface area contributed by atoms with E-state index in [1.807, 2.05) is 12.1 Å². The fraction of sp³-hybridized carbons (Fsp3) is 0.533. The van der Waals surface area contributed by atoms with E-state index in [0.717, 1.165) is 12.3 Å². The van der Waals surface area contributed by atoms with E-state index in [2.05, 4.69) is 12.1 Å². The number of ether oxygens (including phenoxy) is 1. The van der Waals surface area contributed by atoms with Gasteiger partial charge < -0.3 is 4.74 Å². The molecule has 1 aliphatic rings. The van der Waals surface area contributed by atoms with Crippen molar-refractivity contribution in [2.75, 3.05) is 7.11 Å². The summed E-state index contributed by atoms with van der Waals surface area (Å²) in [6.45, 7) is 0. The minimum Gasteiger partial charge on any atom is -0.495 e. The van der Waals surface area contributed by atoms with Gasteiger partial charge in [0.25, 0.3) is 0 Å². The van der Waals surface area contributed by atoms with Crippen LogP contribution in [0.25, 0.3) is 0 Å². The van der Waals surface area contributed by atoms with Gasteiger partial charge in [0.05, 0.1) is 12.7 Å². The van der Waals surface area contributed by atoms with Gasteiger partial charge in [-0.1, -0.05) is 38.2 Å². The van der Waals surface area contributed by atoms with E-state index in [0.29, 0.717) is 11.3 Å². The summed E-state index contributed by atoms with van der Waals surface area (Å²) in [5.74, 6) is 1.53. The summed E-state index contributed by atoms with van der Waals surface area (Å²) in [6, 6.07) is 8.11. The molecule has 0 bridgehead atoms. The van der Waals surface area contributed by atoms with Crippen LogP contribution in [0.15, 0.2) is 18.2 Å². The molecule has 17 heavy (non-hydrogen) atoms. The number of methoxy groups -OCH3 is 1. The molecule has 1 aromatic carbocycles. The van der Waals surface area contributed by atoms with Crippen LogP contribution in [-0.2, 0) is 6.42 Å². The first-order valence-electron chi connectivity index (χ1n) is 6.40. The quantitative estimate of drug-likeness (QED) is 0.792. The number of rotatable bonds is 3. The van der Waals surface area contributed by atoms with Crippen LogP contribution < -0.4 is 4.74 Å². The molecule has 1 saturated carbocycles. The van der Waals surface area contributed by atoms with Gasteiger partial charge in [0, 0.05) is 0 Å². The van der Waals surface area contributed by atoms with Gasteiger partial charge in [0.15, 0.2) is 0 Å². The van der Waals surface area contributed by atoms with Crippen LogP contribution in [0.2, 0.25) is 0 Å². The average Bonchev–Trinajstić information content (AvgIpc) is 2.40. The Kier molecular flexibility index (Phi) is 4.03. The Labute approximate surface area is 103 Å². The molecule has 2 nitrogen and oxygen atoms in total. The highest BCUT2D eigenvalue weighted by Crippen LogP contribution is 2.28. The fourth-order valence-electron chi connectivity index (χ4n) is 2.68. The molecule has 0 amide bonds. The standard InChI is InChI=1S/C15H19NO/c1-17-15-10-13(7-8-14(15)11-16)9-12-5-3-2-4-6-12/h7-8,10,12H,2-6,9H2,1H3. The van der Waals surface area contributed by atoms with E-state index in [4.69, 9.17) is 10.00 Å². The van der Waals surface area contributed by atoms with Crippen LogP contribution in [-0.4, -0.2) is 7.11 Å². The molecule has 0 saturated heterocycles. The molecule has 2 heteroatoms. The molecule has 0 unspecified atom stereocenters. The maximum absolute atomic E-state index is 8.93. The number of benzene rings is 1. The van der Waals surface area contributed by atoms with E-state index in [-0.39, 0.29) is 0 Å². The van der Waals surface area contributed by atoms with E-state index < -0.39 is 0 Å². The third-order valence-corrected chi connectivity index (χ3v) is 3.64. The Hall–Kier alpha value is -1.49. The number of hydrogen-bond acceptors (Lipinski definition) is 2. The van der Waals surface area contributed by atoms with Crippen molar-refractivity contribution >= 4 is 0 Å². The maximum atomic E-state index is 8.93. The molecule has 90 valence electrons. The highest BCUT2D eigenvalue weighted by molar-refractivity contribution is 5.45. The van der Waals surface area contributed by atoms with Crippen molar-refractivity contribution < 1.29 is 4.74 Å². The molecule has 1 aromatic rings. The summed E-state index contributed by atoms with van der Waals surface area (Å²) in [6.07, 6.45) is 7.97. The summed E-state index contributed by atoms with van der Waals surface area (Å²) in [7, 11) is 1.63. The van der Waals surface area contributed by atoms with Crippen molar-refractivity contribution in [1.29, 1.82) is 5.26 Å². The van der Waals surface area contributed by atoms with E-state index in [1.165, 1.54) is 37.7 Å². The summed E-state index contributed by atoms with van der Waals surface area (Å²) in [5.41, 5.74) is 1.92. The first-order valence-corrected chi connectivity index (χ1v) is 6.40. The summed E-state index contributed by atoms with van der Waals surface area (Å²) < 4.78 is 5.24. The minimum absolute atomic E-state index is 0.625. The van der Waals surface area contributed by atoms with Crippen molar-refractivity contribution in [1.82, 2.24) is 0 Å². The Morgan fingerprint density at radius 3 is 2.71 bits per heavy atom. The Morgan fingerprint density at radius 1 is 1.29 bits per heavy atom. The Morgan fingerprint density at radius 2 is 2.06 bits per heavy atom. The lowest BCUT2D eigenvalue weighted by Crippen LogP contribution is -2.09. The molecule has 0 heterocycles. The largest absolute Gasteiger partial charge is 0.495 e. The van der Waals surface area contributed by atoms with Crippen molar-refractivity contribution in [3.05, 3.63) is 29.3 Å². The topological polar surface area (TPSA) is 33.0 Å². The first-order chi connectivity index (χ1) is 8.33. The lowest BCUT2D eigenvalue weighted by Gasteiger charge is -2.21. The molecule has 1 aliphatic carbocycles. The smallest absolute Gasteiger partial charge is 0.136 e. The van der Waals surface area contributed by atoms with Crippen molar-refractivity contribution in [2.45, 2.75) is 38.5 Å². The van der Waals surface area contributed by atoms with Gasteiger partial charge in [-0.2, -0.15) is 5.26 Å². The van der Waals surface area contributed by atoms with Crippen LogP contribution in [0.3, 0.4) is 0 Å². The lowest BCUT2D eigenvalue weighted by molar-refractivity contribution is 0.355. The first kappa shape index (κ1) is 12.0. The Balaban J connectivity index is 2.08. The zero-order valence-corrected chi connectivity index (χ0v) is 10.4. The monoisotopic (exact) mass is 229 g/mol. The SMILES string of the molecule is COc1cc(CC2CCCCC2)ccc1C#N. The van der Waals surface area contributed by atoms with Crippen molar-refractivity contribution in [3.63, 3.8) is 0 Å². The van der Waals surface area contributed by atoms with Gasteiger partial charge in [-0.05, 0) is 30.0 Å². The predicted molar refractivity (Wildman–Crippen MR) is 68.0 cm³/mol. The third-order valence-electron chi connectivity index (χ3n) is 3.64. The van der Waals surface area contributed by atoms with Crippen LogP contribution in [0, 0.1) is 17.2 Å². The number of nitrogens with zero attached hydrogens (tertiary/aromatic N) is 1. The number of nitriles is 1. The summed E-state index contributed by atoms with van der Waals surface area (Å²) >= 11 is 0. The molecule has 0 N–H and O–H groups in total. The normalized spacial score (nSPS) is 16.5. The molecule has 1 fully saturated rings. The van der Waals surface area contributed by atoms with Gasteiger partial charge in [-0.25, -0.2) is 0 Å². The second-order valence-electron chi connectivity index (χ2n) is 4.85. The van der Waals surface area contributed by atoms with E-state index >= 15 is 0 Å². The van der Waals surface area contributed by atoms with Gasteiger partial charge in [0.2, 0.25) is 0 Å².